The van der Waals surface area contributed by atoms with Gasteiger partial charge >= 0.3 is 0 Å². The van der Waals surface area contributed by atoms with Crippen molar-refractivity contribution in [3.63, 3.8) is 0 Å². The molecule has 0 N–H and O–H groups in total. The van der Waals surface area contributed by atoms with Gasteiger partial charge in [0, 0.05) is 18.7 Å². The maximum Gasteiger partial charge on any atom is 0.260 e. The number of likely N-dealkylation sites (N-methyl/N-ethyl adjacent to an activating group) is 1. The maximum absolute atomic E-state index is 13.7. The molecule has 0 saturated heterocycles. The van der Waals surface area contributed by atoms with Gasteiger partial charge in [-0.25, -0.2) is 4.98 Å². The molecule has 0 aliphatic rings. The molecule has 0 aliphatic carbocycles. The fourth-order valence-electron chi connectivity index (χ4n) is 3.81. The number of nitrogens with zero attached hydrogens (tertiary/aromatic N) is 3. The average molecular weight is 484 g/mol. The number of carbonyl (C=O) groups excluding carboxylic acids is 1. The van der Waals surface area contributed by atoms with Crippen LogP contribution in [0.2, 0.25) is 0 Å². The number of aromatic nitrogens is 1. The van der Waals surface area contributed by atoms with E-state index in [1.165, 1.54) is 11.3 Å². The van der Waals surface area contributed by atoms with Gasteiger partial charge in [-0.1, -0.05) is 55.5 Å². The van der Waals surface area contributed by atoms with Gasteiger partial charge in [-0.3, -0.25) is 9.69 Å². The highest BCUT2D eigenvalue weighted by Gasteiger charge is 2.22. The Balaban J connectivity index is 0.00000306. The molecule has 0 bridgehead atoms. The number of hydrogen-bond acceptors (Lipinski definition) is 5. The fraction of sp³-hybridized carbons (Fsp3) is 0.308. The summed E-state index contributed by atoms with van der Waals surface area (Å²) in [6.45, 7) is 10.2. The van der Waals surface area contributed by atoms with E-state index in [4.69, 9.17) is 9.72 Å². The first-order valence-corrected chi connectivity index (χ1v) is 12.0. The highest BCUT2D eigenvalue weighted by molar-refractivity contribution is 7.22. The van der Waals surface area contributed by atoms with Crippen molar-refractivity contribution in [1.82, 2.24) is 9.88 Å². The molecule has 0 fully saturated rings. The Morgan fingerprint density at radius 1 is 0.939 bits per heavy atom. The van der Waals surface area contributed by atoms with E-state index in [2.05, 4.69) is 24.8 Å². The zero-order valence-corrected chi connectivity index (χ0v) is 20.9. The Morgan fingerprint density at radius 2 is 1.70 bits per heavy atom. The smallest absolute Gasteiger partial charge is 0.260 e. The number of thiazole rings is 1. The van der Waals surface area contributed by atoms with E-state index in [0.29, 0.717) is 18.7 Å². The summed E-state index contributed by atoms with van der Waals surface area (Å²) in [4.78, 5) is 22.6. The molecular formula is C26H30ClN3O2S. The number of carbonyl (C=O) groups is 1. The van der Waals surface area contributed by atoms with Crippen LogP contribution in [0.5, 0.6) is 5.75 Å². The summed E-state index contributed by atoms with van der Waals surface area (Å²) < 4.78 is 6.66. The molecule has 0 saturated carbocycles. The Kier molecular flexibility index (Phi) is 8.67. The van der Waals surface area contributed by atoms with Crippen LogP contribution < -0.4 is 9.64 Å². The molecule has 0 spiro atoms. The number of halogens is 1. The molecule has 1 heterocycles. The second kappa shape index (κ2) is 11.5. The van der Waals surface area contributed by atoms with Gasteiger partial charge in [0.1, 0.15) is 5.75 Å². The molecule has 5 nitrogen and oxygen atoms in total. The van der Waals surface area contributed by atoms with Crippen molar-refractivity contribution in [2.75, 3.05) is 37.7 Å². The third-order valence-corrected chi connectivity index (χ3v) is 6.71. The monoisotopic (exact) mass is 483 g/mol. The SMILES string of the molecule is CCOc1ccc2nc(N(CCN(CC)CC)C(=O)c3ccc4ccccc4c3)sc2c1.Cl. The Morgan fingerprint density at radius 3 is 2.42 bits per heavy atom. The van der Waals surface area contributed by atoms with Crippen LogP contribution in [0.25, 0.3) is 21.0 Å². The minimum absolute atomic E-state index is 0. The fourth-order valence-corrected chi connectivity index (χ4v) is 4.83. The highest BCUT2D eigenvalue weighted by atomic mass is 35.5. The number of amides is 1. The molecule has 3 aromatic carbocycles. The van der Waals surface area contributed by atoms with Gasteiger partial charge in [0.15, 0.2) is 5.13 Å². The van der Waals surface area contributed by atoms with E-state index >= 15 is 0 Å². The summed E-state index contributed by atoms with van der Waals surface area (Å²) >= 11 is 1.53. The topological polar surface area (TPSA) is 45.7 Å². The molecule has 0 unspecified atom stereocenters. The molecule has 0 radical (unpaired) electrons. The first kappa shape index (κ1) is 25.0. The molecule has 4 aromatic rings. The number of ether oxygens (including phenoxy) is 1. The maximum atomic E-state index is 13.7. The third-order valence-electron chi connectivity index (χ3n) is 5.67. The van der Waals surface area contributed by atoms with Crippen molar-refractivity contribution in [2.24, 2.45) is 0 Å². The van der Waals surface area contributed by atoms with Crippen LogP contribution in [-0.2, 0) is 0 Å². The van der Waals surface area contributed by atoms with Gasteiger partial charge in [-0.15, -0.1) is 12.4 Å². The van der Waals surface area contributed by atoms with Crippen LogP contribution in [-0.4, -0.2) is 48.6 Å². The largest absolute Gasteiger partial charge is 0.494 e. The molecule has 1 amide bonds. The van der Waals surface area contributed by atoms with E-state index in [9.17, 15) is 4.79 Å². The second-order valence-electron chi connectivity index (χ2n) is 7.60. The zero-order chi connectivity index (χ0) is 22.5. The normalized spacial score (nSPS) is 11.0. The van der Waals surface area contributed by atoms with Gasteiger partial charge in [-0.05, 0) is 61.1 Å². The van der Waals surface area contributed by atoms with E-state index in [-0.39, 0.29) is 18.3 Å². The van der Waals surface area contributed by atoms with Crippen LogP contribution in [0, 0.1) is 0 Å². The van der Waals surface area contributed by atoms with Crippen molar-refractivity contribution in [3.05, 3.63) is 66.2 Å². The van der Waals surface area contributed by atoms with Crippen LogP contribution >= 0.6 is 23.7 Å². The summed E-state index contributed by atoms with van der Waals surface area (Å²) in [5.74, 6) is 0.803. The standard InChI is InChI=1S/C26H29N3O2S.ClH/c1-4-28(5-2)15-16-29(25(30)21-12-11-19-9-7-8-10-20(19)17-21)26-27-23-14-13-22(31-6-3)18-24(23)32-26;/h7-14,17-18H,4-6,15-16H2,1-3H3;1H. The molecule has 7 heteroatoms. The number of fused-ring (bicyclic) bond motifs is 2. The molecule has 174 valence electrons. The molecule has 4 rings (SSSR count). The lowest BCUT2D eigenvalue weighted by atomic mass is 10.1. The Bertz CT molecular complexity index is 1220. The van der Waals surface area contributed by atoms with Crippen molar-refractivity contribution in [2.45, 2.75) is 20.8 Å². The summed E-state index contributed by atoms with van der Waals surface area (Å²) in [5, 5.41) is 2.91. The van der Waals surface area contributed by atoms with E-state index in [0.717, 1.165) is 51.5 Å². The number of hydrogen-bond donors (Lipinski definition) is 0. The van der Waals surface area contributed by atoms with Crippen LogP contribution in [0.15, 0.2) is 60.7 Å². The molecule has 0 aliphatic heterocycles. The number of anilines is 1. The molecule has 1 aromatic heterocycles. The second-order valence-corrected chi connectivity index (χ2v) is 8.61. The predicted molar refractivity (Wildman–Crippen MR) is 141 cm³/mol. The molecular weight excluding hydrogens is 454 g/mol. The zero-order valence-electron chi connectivity index (χ0n) is 19.3. The highest BCUT2D eigenvalue weighted by Crippen LogP contribution is 2.32. The van der Waals surface area contributed by atoms with Crippen LogP contribution in [0.1, 0.15) is 31.1 Å². The quantitative estimate of drug-likeness (QED) is 0.282. The van der Waals surface area contributed by atoms with Gasteiger partial charge in [-0.2, -0.15) is 0 Å². The predicted octanol–water partition coefficient (Wildman–Crippen LogP) is 6.26. The van der Waals surface area contributed by atoms with Crippen molar-refractivity contribution in [1.29, 1.82) is 0 Å². The van der Waals surface area contributed by atoms with Crippen molar-refractivity contribution >= 4 is 55.8 Å². The summed E-state index contributed by atoms with van der Waals surface area (Å²) in [6, 6.07) is 19.9. The van der Waals surface area contributed by atoms with Gasteiger partial charge < -0.3 is 9.64 Å². The Labute approximate surface area is 205 Å². The van der Waals surface area contributed by atoms with Gasteiger partial charge in [0.2, 0.25) is 0 Å². The van der Waals surface area contributed by atoms with E-state index in [1.54, 1.807) is 0 Å². The number of benzene rings is 3. The Hall–Kier alpha value is -2.67. The molecule has 0 atom stereocenters. The lowest BCUT2D eigenvalue weighted by Crippen LogP contribution is -2.38. The number of rotatable bonds is 9. The molecule has 33 heavy (non-hydrogen) atoms. The summed E-state index contributed by atoms with van der Waals surface area (Å²) in [5.41, 5.74) is 1.56. The minimum atomic E-state index is -0.0213. The van der Waals surface area contributed by atoms with Crippen LogP contribution in [0.4, 0.5) is 5.13 Å². The average Bonchev–Trinajstić information content (AvgIpc) is 3.24. The van der Waals surface area contributed by atoms with Gasteiger partial charge in [0.25, 0.3) is 5.91 Å². The van der Waals surface area contributed by atoms with Crippen LogP contribution in [0.3, 0.4) is 0 Å². The third kappa shape index (κ3) is 5.64. The minimum Gasteiger partial charge on any atom is -0.494 e. The van der Waals surface area contributed by atoms with Crippen molar-refractivity contribution in [3.8, 4) is 5.75 Å². The lowest BCUT2D eigenvalue weighted by molar-refractivity contribution is 0.0984. The lowest BCUT2D eigenvalue weighted by Gasteiger charge is -2.24. The first-order valence-electron chi connectivity index (χ1n) is 11.2. The summed E-state index contributed by atoms with van der Waals surface area (Å²) in [7, 11) is 0. The van der Waals surface area contributed by atoms with E-state index < -0.39 is 0 Å². The van der Waals surface area contributed by atoms with Gasteiger partial charge in [0.05, 0.1) is 16.8 Å². The van der Waals surface area contributed by atoms with Crippen molar-refractivity contribution < 1.29 is 9.53 Å². The van der Waals surface area contributed by atoms with E-state index in [1.807, 2.05) is 66.4 Å². The first-order chi connectivity index (χ1) is 15.6. The summed E-state index contributed by atoms with van der Waals surface area (Å²) in [6.07, 6.45) is 0.